The SMILES string of the molecule is CCCCCCc1c(C)c2ccc(OCC(=O)NCCCC(=O)[O-])c(C)c2oc1=O. The van der Waals surface area contributed by atoms with Crippen LogP contribution in [0.2, 0.25) is 0 Å². The Kier molecular flexibility index (Phi) is 8.89. The lowest BCUT2D eigenvalue weighted by atomic mass is 9.99. The highest BCUT2D eigenvalue weighted by Gasteiger charge is 2.15. The maximum absolute atomic E-state index is 12.5. The number of benzene rings is 1. The fraction of sp³-hybridized carbons (Fsp3) is 0.522. The molecule has 2 rings (SSSR count). The van der Waals surface area contributed by atoms with Crippen LogP contribution < -0.4 is 20.8 Å². The van der Waals surface area contributed by atoms with Crippen LogP contribution in [0.1, 0.15) is 62.1 Å². The number of hydrogen-bond donors (Lipinski definition) is 1. The van der Waals surface area contributed by atoms with Crippen LogP contribution in [0.4, 0.5) is 0 Å². The maximum Gasteiger partial charge on any atom is 0.339 e. The summed E-state index contributed by atoms with van der Waals surface area (Å²) >= 11 is 0. The third kappa shape index (κ3) is 6.34. The Balaban J connectivity index is 2.07. The van der Waals surface area contributed by atoms with Gasteiger partial charge in [-0.25, -0.2) is 4.79 Å². The third-order valence-electron chi connectivity index (χ3n) is 5.17. The molecule has 1 amide bonds. The smallest absolute Gasteiger partial charge is 0.339 e. The number of aliphatic carboxylic acids is 1. The summed E-state index contributed by atoms with van der Waals surface area (Å²) in [6, 6.07) is 3.62. The first-order chi connectivity index (χ1) is 14.3. The van der Waals surface area contributed by atoms with Crippen molar-refractivity contribution in [2.45, 2.75) is 65.7 Å². The van der Waals surface area contributed by atoms with Gasteiger partial charge in [0.25, 0.3) is 5.91 Å². The number of nitrogens with one attached hydrogen (secondary N) is 1. The molecule has 0 radical (unpaired) electrons. The molecule has 0 aliphatic carbocycles. The van der Waals surface area contributed by atoms with Crippen LogP contribution >= 0.6 is 0 Å². The fourth-order valence-electron chi connectivity index (χ4n) is 3.40. The van der Waals surface area contributed by atoms with E-state index < -0.39 is 5.97 Å². The quantitative estimate of drug-likeness (QED) is 0.421. The molecule has 7 nitrogen and oxygen atoms in total. The predicted molar refractivity (Wildman–Crippen MR) is 113 cm³/mol. The lowest BCUT2D eigenvalue weighted by Gasteiger charge is -2.13. The molecule has 0 spiro atoms. The Morgan fingerprint density at radius 1 is 1.10 bits per heavy atom. The second kappa shape index (κ2) is 11.4. The summed E-state index contributed by atoms with van der Waals surface area (Å²) in [5.74, 6) is -1.04. The van der Waals surface area contributed by atoms with E-state index in [2.05, 4.69) is 12.2 Å². The molecule has 1 aromatic heterocycles. The number of ether oxygens (including phenoxy) is 1. The first-order valence-corrected chi connectivity index (χ1v) is 10.5. The van der Waals surface area contributed by atoms with Crippen molar-refractivity contribution >= 4 is 22.8 Å². The number of carbonyl (C=O) groups excluding carboxylic acids is 2. The van der Waals surface area contributed by atoms with Crippen LogP contribution in [0, 0.1) is 13.8 Å². The van der Waals surface area contributed by atoms with Gasteiger partial charge in [-0.15, -0.1) is 0 Å². The molecular formula is C23H30NO6-. The highest BCUT2D eigenvalue weighted by Crippen LogP contribution is 2.29. The lowest BCUT2D eigenvalue weighted by Crippen LogP contribution is -2.31. The number of hydrogen-bond acceptors (Lipinski definition) is 6. The Morgan fingerprint density at radius 2 is 1.87 bits per heavy atom. The van der Waals surface area contributed by atoms with E-state index in [4.69, 9.17) is 9.15 Å². The van der Waals surface area contributed by atoms with Crippen molar-refractivity contribution in [1.82, 2.24) is 5.32 Å². The molecule has 2 aromatic rings. The number of carboxylic acids is 1. The van der Waals surface area contributed by atoms with Gasteiger partial charge in [0.1, 0.15) is 11.3 Å². The van der Waals surface area contributed by atoms with Crippen LogP contribution in [0.25, 0.3) is 11.0 Å². The van der Waals surface area contributed by atoms with E-state index in [-0.39, 0.29) is 31.1 Å². The molecule has 1 N–H and O–H groups in total. The van der Waals surface area contributed by atoms with Crippen molar-refractivity contribution in [2.24, 2.45) is 0 Å². The molecule has 0 saturated carbocycles. The highest BCUT2D eigenvalue weighted by atomic mass is 16.5. The van der Waals surface area contributed by atoms with Gasteiger partial charge in [0.05, 0.1) is 0 Å². The normalized spacial score (nSPS) is 10.9. The minimum absolute atomic E-state index is 0.107. The summed E-state index contributed by atoms with van der Waals surface area (Å²) < 4.78 is 11.2. The van der Waals surface area contributed by atoms with Gasteiger partial charge in [-0.05, 0) is 57.2 Å². The largest absolute Gasteiger partial charge is 0.550 e. The van der Waals surface area contributed by atoms with Crippen molar-refractivity contribution in [3.05, 3.63) is 39.2 Å². The minimum Gasteiger partial charge on any atom is -0.550 e. The van der Waals surface area contributed by atoms with Crippen LogP contribution in [0.15, 0.2) is 21.3 Å². The second-order valence-electron chi connectivity index (χ2n) is 7.48. The molecule has 0 aliphatic heterocycles. The molecule has 0 unspecified atom stereocenters. The van der Waals surface area contributed by atoms with E-state index in [0.29, 0.717) is 29.7 Å². The fourth-order valence-corrected chi connectivity index (χ4v) is 3.40. The molecule has 0 atom stereocenters. The Labute approximate surface area is 176 Å². The average molecular weight is 416 g/mol. The third-order valence-corrected chi connectivity index (χ3v) is 5.17. The van der Waals surface area contributed by atoms with E-state index in [9.17, 15) is 19.5 Å². The van der Waals surface area contributed by atoms with E-state index in [1.165, 1.54) is 0 Å². The van der Waals surface area contributed by atoms with E-state index in [0.717, 1.165) is 42.2 Å². The summed E-state index contributed by atoms with van der Waals surface area (Å²) in [6.07, 6.45) is 5.25. The zero-order valence-electron chi connectivity index (χ0n) is 18.0. The summed E-state index contributed by atoms with van der Waals surface area (Å²) in [7, 11) is 0. The standard InChI is InChI=1S/C23H31NO6/c1-4-5-6-7-9-18-15(2)17-11-12-19(16(3)22(17)30-23(18)28)29-14-20(25)24-13-8-10-21(26)27/h11-12H,4-10,13-14H2,1-3H3,(H,24,25)(H,26,27)/p-1. The van der Waals surface area contributed by atoms with Gasteiger partial charge in [-0.2, -0.15) is 0 Å². The minimum atomic E-state index is -1.15. The number of aryl methyl sites for hydroxylation is 2. The molecule has 0 saturated heterocycles. The molecule has 164 valence electrons. The van der Waals surface area contributed by atoms with E-state index in [1.54, 1.807) is 13.0 Å². The Morgan fingerprint density at radius 3 is 2.57 bits per heavy atom. The lowest BCUT2D eigenvalue weighted by molar-refractivity contribution is -0.305. The molecule has 0 fully saturated rings. The first-order valence-electron chi connectivity index (χ1n) is 10.5. The van der Waals surface area contributed by atoms with E-state index >= 15 is 0 Å². The molecule has 1 aromatic carbocycles. The molecule has 7 heteroatoms. The predicted octanol–water partition coefficient (Wildman–Crippen LogP) is 2.56. The first kappa shape index (κ1) is 23.4. The van der Waals surface area contributed by atoms with Crippen molar-refractivity contribution < 1.29 is 23.8 Å². The van der Waals surface area contributed by atoms with Gasteiger partial charge in [-0.1, -0.05) is 26.2 Å². The van der Waals surface area contributed by atoms with Gasteiger partial charge in [0.15, 0.2) is 6.61 Å². The maximum atomic E-state index is 12.5. The number of rotatable bonds is 12. The van der Waals surface area contributed by atoms with Crippen molar-refractivity contribution in [3.63, 3.8) is 0 Å². The number of fused-ring (bicyclic) bond motifs is 1. The van der Waals surface area contributed by atoms with Crippen LogP contribution in [-0.4, -0.2) is 25.0 Å². The zero-order valence-corrected chi connectivity index (χ0v) is 18.0. The van der Waals surface area contributed by atoms with Gasteiger partial charge in [0.2, 0.25) is 0 Å². The molecule has 30 heavy (non-hydrogen) atoms. The van der Waals surface area contributed by atoms with Crippen molar-refractivity contribution in [1.29, 1.82) is 0 Å². The zero-order chi connectivity index (χ0) is 22.1. The summed E-state index contributed by atoms with van der Waals surface area (Å²) in [5.41, 5.74) is 2.47. The number of carbonyl (C=O) groups is 2. The summed E-state index contributed by atoms with van der Waals surface area (Å²) in [5, 5.41) is 13.8. The van der Waals surface area contributed by atoms with Crippen LogP contribution in [0.5, 0.6) is 5.75 Å². The average Bonchev–Trinajstić information content (AvgIpc) is 2.70. The van der Waals surface area contributed by atoms with Gasteiger partial charge in [0, 0.05) is 29.0 Å². The summed E-state index contributed by atoms with van der Waals surface area (Å²) in [6.45, 7) is 5.91. The molecule has 0 bridgehead atoms. The van der Waals surface area contributed by atoms with Crippen LogP contribution in [-0.2, 0) is 16.0 Å². The van der Waals surface area contributed by atoms with E-state index in [1.807, 2.05) is 13.0 Å². The number of amides is 1. The molecule has 0 aliphatic rings. The van der Waals surface area contributed by atoms with Crippen molar-refractivity contribution in [2.75, 3.05) is 13.2 Å². The number of unbranched alkanes of at least 4 members (excludes halogenated alkanes) is 3. The topological polar surface area (TPSA) is 109 Å². The van der Waals surface area contributed by atoms with Crippen LogP contribution in [0.3, 0.4) is 0 Å². The highest BCUT2D eigenvalue weighted by molar-refractivity contribution is 5.86. The van der Waals surface area contributed by atoms with Gasteiger partial charge >= 0.3 is 5.63 Å². The Bertz CT molecular complexity index is 947. The van der Waals surface area contributed by atoms with Crippen molar-refractivity contribution in [3.8, 4) is 5.75 Å². The van der Waals surface area contributed by atoms with Gasteiger partial charge in [-0.3, -0.25) is 4.79 Å². The van der Waals surface area contributed by atoms with Gasteiger partial charge < -0.3 is 24.4 Å². The second-order valence-corrected chi connectivity index (χ2v) is 7.48. The summed E-state index contributed by atoms with van der Waals surface area (Å²) in [4.78, 5) is 34.8. The monoisotopic (exact) mass is 416 g/mol. The molecular weight excluding hydrogens is 386 g/mol. The number of carboxylic acid groups (broad SMARTS) is 1. The molecule has 1 heterocycles. The Hall–Kier alpha value is -2.83.